The summed E-state index contributed by atoms with van der Waals surface area (Å²) in [7, 11) is 4.17. The van der Waals surface area contributed by atoms with E-state index in [-0.39, 0.29) is 0 Å². The summed E-state index contributed by atoms with van der Waals surface area (Å²) in [5.74, 6) is 1.96. The molecule has 0 fully saturated rings. The van der Waals surface area contributed by atoms with Gasteiger partial charge in [0.1, 0.15) is 11.6 Å². The molecule has 0 atom stereocenters. The van der Waals surface area contributed by atoms with Crippen LogP contribution in [0.4, 0.5) is 0 Å². The van der Waals surface area contributed by atoms with Gasteiger partial charge >= 0.3 is 0 Å². The SMILES string of the molecule is Cn1c2nc3ccc(cc31)-c1ccc3nc(n(C)c3c1)-c1cccc-2c1. The standard InChI is InChI=1S/C22H16N4/c1-25-19-11-13-6-8-17(19)23-21(25)15-4-3-5-16(10-15)22-24-18-9-7-14(13)12-20(18)26(22)2/h3-12H,1-2H3. The van der Waals surface area contributed by atoms with Crippen LogP contribution >= 0.6 is 0 Å². The highest BCUT2D eigenvalue weighted by Gasteiger charge is 2.16. The highest BCUT2D eigenvalue weighted by molar-refractivity contribution is 5.90. The first-order chi connectivity index (χ1) is 12.7. The van der Waals surface area contributed by atoms with Crippen LogP contribution in [-0.2, 0) is 14.1 Å². The number of benzene rings is 3. The molecule has 0 unspecified atom stereocenters. The highest BCUT2D eigenvalue weighted by Crippen LogP contribution is 2.33. The zero-order chi connectivity index (χ0) is 17.4. The van der Waals surface area contributed by atoms with Gasteiger partial charge in [-0.05, 0) is 41.5 Å². The van der Waals surface area contributed by atoms with Gasteiger partial charge in [-0.2, -0.15) is 0 Å². The van der Waals surface area contributed by atoms with Crippen molar-refractivity contribution in [2.75, 3.05) is 0 Å². The van der Waals surface area contributed by atoms with Crippen LogP contribution in [0.2, 0.25) is 0 Å². The summed E-state index contributed by atoms with van der Waals surface area (Å²) < 4.78 is 4.36. The van der Waals surface area contributed by atoms with Crippen LogP contribution in [0.3, 0.4) is 0 Å². The van der Waals surface area contributed by atoms with Gasteiger partial charge in [0, 0.05) is 25.2 Å². The third-order valence-electron chi connectivity index (χ3n) is 5.47. The maximum Gasteiger partial charge on any atom is 0.140 e. The average molecular weight is 336 g/mol. The first-order valence-electron chi connectivity index (χ1n) is 8.73. The lowest BCUT2D eigenvalue weighted by Gasteiger charge is -2.06. The molecule has 0 saturated heterocycles. The molecule has 124 valence electrons. The molecule has 0 amide bonds. The lowest BCUT2D eigenvalue weighted by Crippen LogP contribution is -1.95. The summed E-state index contributed by atoms with van der Waals surface area (Å²) in [6, 6.07) is 21.5. The molecule has 3 aromatic carbocycles. The molecule has 2 aromatic heterocycles. The van der Waals surface area contributed by atoms with Gasteiger partial charge in [0.25, 0.3) is 0 Å². The first-order valence-corrected chi connectivity index (χ1v) is 8.73. The summed E-state index contributed by atoms with van der Waals surface area (Å²) in [4.78, 5) is 9.76. The Balaban J connectivity index is 1.86. The minimum atomic E-state index is 0.978. The van der Waals surface area contributed by atoms with Gasteiger partial charge in [0.05, 0.1) is 22.1 Å². The minimum absolute atomic E-state index is 0.978. The van der Waals surface area contributed by atoms with Gasteiger partial charge in [0.15, 0.2) is 0 Å². The van der Waals surface area contributed by atoms with Gasteiger partial charge in [-0.25, -0.2) is 9.97 Å². The Morgan fingerprint density at radius 3 is 1.58 bits per heavy atom. The van der Waals surface area contributed by atoms with Crippen molar-refractivity contribution in [3.63, 3.8) is 0 Å². The van der Waals surface area contributed by atoms with Crippen molar-refractivity contribution in [2.24, 2.45) is 14.1 Å². The molecule has 4 nitrogen and oxygen atoms in total. The molecule has 26 heavy (non-hydrogen) atoms. The lowest BCUT2D eigenvalue weighted by atomic mass is 10.0. The molecule has 1 aliphatic rings. The van der Waals surface area contributed by atoms with E-state index in [1.54, 1.807) is 0 Å². The predicted molar refractivity (Wildman–Crippen MR) is 105 cm³/mol. The van der Waals surface area contributed by atoms with E-state index in [4.69, 9.17) is 9.97 Å². The lowest BCUT2D eigenvalue weighted by molar-refractivity contribution is 0.955. The zero-order valence-electron chi connectivity index (χ0n) is 14.6. The number of hydrogen-bond donors (Lipinski definition) is 0. The molecule has 0 radical (unpaired) electrons. The van der Waals surface area contributed by atoms with Crippen molar-refractivity contribution in [2.45, 2.75) is 0 Å². The van der Waals surface area contributed by atoms with Gasteiger partial charge in [-0.3, -0.25) is 0 Å². The molecule has 0 N–H and O–H groups in total. The monoisotopic (exact) mass is 336 g/mol. The van der Waals surface area contributed by atoms with E-state index < -0.39 is 0 Å². The number of imidazole rings is 2. The molecule has 3 heterocycles. The van der Waals surface area contributed by atoms with Crippen molar-refractivity contribution in [3.05, 3.63) is 60.7 Å². The van der Waals surface area contributed by atoms with Crippen LogP contribution in [-0.4, -0.2) is 19.1 Å². The van der Waals surface area contributed by atoms with E-state index in [1.165, 1.54) is 11.1 Å². The Morgan fingerprint density at radius 2 is 1.08 bits per heavy atom. The first kappa shape index (κ1) is 13.8. The number of aromatic nitrogens is 4. The Bertz CT molecular complexity index is 1250. The zero-order valence-corrected chi connectivity index (χ0v) is 14.6. The van der Waals surface area contributed by atoms with Gasteiger partial charge in [-0.1, -0.05) is 30.3 Å². The Labute approximate surface area is 150 Å². The Morgan fingerprint density at radius 1 is 0.577 bits per heavy atom. The fraction of sp³-hybridized carbons (Fsp3) is 0.0909. The summed E-state index contributed by atoms with van der Waals surface area (Å²) in [6.07, 6.45) is 0. The largest absolute Gasteiger partial charge is 0.327 e. The predicted octanol–water partition coefficient (Wildman–Crippen LogP) is 4.77. The topological polar surface area (TPSA) is 35.6 Å². The third-order valence-corrected chi connectivity index (χ3v) is 5.47. The second-order valence-corrected chi connectivity index (χ2v) is 6.98. The molecular formula is C22H16N4. The normalized spacial score (nSPS) is 12.2. The van der Waals surface area contributed by atoms with E-state index in [2.05, 4.69) is 83.9 Å². The highest BCUT2D eigenvalue weighted by atomic mass is 15.1. The Hall–Kier alpha value is -3.40. The second kappa shape index (κ2) is 4.61. The van der Waals surface area contributed by atoms with Gasteiger partial charge in [0.2, 0.25) is 0 Å². The molecule has 1 aliphatic heterocycles. The number of aryl methyl sites for hydroxylation is 2. The van der Waals surface area contributed by atoms with E-state index in [9.17, 15) is 0 Å². The van der Waals surface area contributed by atoms with Crippen LogP contribution in [0.5, 0.6) is 0 Å². The van der Waals surface area contributed by atoms with E-state index in [1.807, 2.05) is 0 Å². The van der Waals surface area contributed by atoms with E-state index in [0.29, 0.717) is 0 Å². The van der Waals surface area contributed by atoms with Crippen LogP contribution in [0.25, 0.3) is 56.0 Å². The molecule has 5 aromatic rings. The van der Waals surface area contributed by atoms with Crippen LogP contribution in [0.15, 0.2) is 60.7 Å². The van der Waals surface area contributed by atoms with Crippen molar-refractivity contribution >= 4 is 22.1 Å². The summed E-state index contributed by atoms with van der Waals surface area (Å²) in [5, 5.41) is 0. The number of nitrogens with zero attached hydrogens (tertiary/aromatic N) is 4. The van der Waals surface area contributed by atoms with E-state index in [0.717, 1.165) is 44.8 Å². The number of fused-ring (bicyclic) bond motifs is 9. The maximum absolute atomic E-state index is 4.88. The van der Waals surface area contributed by atoms with Crippen molar-refractivity contribution in [3.8, 4) is 33.9 Å². The smallest absolute Gasteiger partial charge is 0.140 e. The van der Waals surface area contributed by atoms with Crippen LogP contribution in [0, 0.1) is 0 Å². The van der Waals surface area contributed by atoms with Crippen LogP contribution in [0.1, 0.15) is 0 Å². The minimum Gasteiger partial charge on any atom is -0.327 e. The Kier molecular flexibility index (Phi) is 2.45. The van der Waals surface area contributed by atoms with Gasteiger partial charge < -0.3 is 9.13 Å². The fourth-order valence-electron chi connectivity index (χ4n) is 4.05. The van der Waals surface area contributed by atoms with E-state index >= 15 is 0 Å². The maximum atomic E-state index is 4.88. The quantitative estimate of drug-likeness (QED) is 0.400. The van der Waals surface area contributed by atoms with Crippen molar-refractivity contribution < 1.29 is 0 Å². The molecule has 0 saturated carbocycles. The molecule has 8 bridgehead atoms. The number of rotatable bonds is 0. The average Bonchev–Trinajstić information content (AvgIpc) is 3.18. The van der Waals surface area contributed by atoms with Crippen molar-refractivity contribution in [1.29, 1.82) is 0 Å². The molecule has 4 heteroatoms. The van der Waals surface area contributed by atoms with Crippen molar-refractivity contribution in [1.82, 2.24) is 19.1 Å². The molecule has 0 spiro atoms. The molecule has 6 rings (SSSR count). The third kappa shape index (κ3) is 1.68. The molecule has 0 aliphatic carbocycles. The summed E-state index contributed by atoms with van der Waals surface area (Å²) in [5.41, 5.74) is 8.94. The fourth-order valence-corrected chi connectivity index (χ4v) is 4.05. The van der Waals surface area contributed by atoms with Gasteiger partial charge in [-0.15, -0.1) is 0 Å². The second-order valence-electron chi connectivity index (χ2n) is 6.98. The molecular weight excluding hydrogens is 320 g/mol. The summed E-state index contributed by atoms with van der Waals surface area (Å²) >= 11 is 0. The number of hydrogen-bond acceptors (Lipinski definition) is 2. The summed E-state index contributed by atoms with van der Waals surface area (Å²) in [6.45, 7) is 0. The van der Waals surface area contributed by atoms with Crippen LogP contribution < -0.4 is 0 Å².